The van der Waals surface area contributed by atoms with Gasteiger partial charge >= 0.3 is 5.97 Å². The number of halogens is 1. The molecule has 0 unspecified atom stereocenters. The van der Waals surface area contributed by atoms with E-state index in [2.05, 4.69) is 10.1 Å². The van der Waals surface area contributed by atoms with Crippen molar-refractivity contribution < 1.29 is 9.90 Å². The van der Waals surface area contributed by atoms with Gasteiger partial charge in [-0.05, 0) is 30.3 Å². The molecule has 0 aliphatic carbocycles. The largest absolute Gasteiger partial charge is 0.477 e. The molecule has 7 nitrogen and oxygen atoms in total. The second kappa shape index (κ2) is 6.12. The molecule has 0 saturated heterocycles. The fourth-order valence-corrected chi connectivity index (χ4v) is 2.90. The highest BCUT2D eigenvalue weighted by molar-refractivity contribution is 6.31. The van der Waals surface area contributed by atoms with Crippen molar-refractivity contribution in [1.29, 1.82) is 0 Å². The molecule has 0 radical (unpaired) electrons. The van der Waals surface area contributed by atoms with E-state index < -0.39 is 11.5 Å². The summed E-state index contributed by atoms with van der Waals surface area (Å²) in [7, 11) is 0. The third-order valence-corrected chi connectivity index (χ3v) is 4.16. The Morgan fingerprint density at radius 2 is 1.88 bits per heavy atom. The van der Waals surface area contributed by atoms with Crippen LogP contribution in [0, 0.1) is 0 Å². The van der Waals surface area contributed by atoms with E-state index in [1.54, 1.807) is 36.4 Å². The van der Waals surface area contributed by atoms with Gasteiger partial charge in [0.1, 0.15) is 11.9 Å². The first-order valence-electron chi connectivity index (χ1n) is 7.60. The smallest absolute Gasteiger partial charge is 0.341 e. The zero-order valence-electron chi connectivity index (χ0n) is 13.2. The van der Waals surface area contributed by atoms with Gasteiger partial charge in [-0.2, -0.15) is 5.10 Å². The Morgan fingerprint density at radius 1 is 1.12 bits per heavy atom. The van der Waals surface area contributed by atoms with Gasteiger partial charge in [0.15, 0.2) is 5.82 Å². The molecule has 4 aromatic rings. The Hall–Kier alpha value is -3.45. The number of aromatic carboxylic acids is 1. The lowest BCUT2D eigenvalue weighted by atomic mass is 10.2. The number of hydrogen-bond donors (Lipinski definition) is 1. The summed E-state index contributed by atoms with van der Waals surface area (Å²) in [5.74, 6) is -1.09. The molecule has 2 aromatic heterocycles. The molecule has 2 aromatic carbocycles. The number of benzene rings is 2. The number of rotatable bonds is 3. The normalized spacial score (nSPS) is 11.0. The number of aromatic nitrogens is 4. The first-order valence-corrected chi connectivity index (χ1v) is 7.98. The highest BCUT2D eigenvalue weighted by Gasteiger charge is 2.21. The van der Waals surface area contributed by atoms with Gasteiger partial charge < -0.3 is 5.11 Å². The molecule has 8 heteroatoms. The number of carboxylic acids is 1. The molecule has 0 fully saturated rings. The second-order valence-electron chi connectivity index (χ2n) is 5.52. The van der Waals surface area contributed by atoms with Crippen molar-refractivity contribution in [1.82, 2.24) is 19.3 Å². The van der Waals surface area contributed by atoms with Crippen molar-refractivity contribution in [3.8, 4) is 11.5 Å². The maximum Gasteiger partial charge on any atom is 0.341 e. The summed E-state index contributed by atoms with van der Waals surface area (Å²) in [6, 6.07) is 13.7. The third kappa shape index (κ3) is 2.55. The van der Waals surface area contributed by atoms with E-state index in [-0.39, 0.29) is 16.8 Å². The second-order valence-corrected chi connectivity index (χ2v) is 5.95. The van der Waals surface area contributed by atoms with Gasteiger partial charge in [-0.3, -0.25) is 4.79 Å². The van der Waals surface area contributed by atoms with E-state index in [0.29, 0.717) is 16.2 Å². The van der Waals surface area contributed by atoms with Crippen LogP contribution in [0.15, 0.2) is 65.8 Å². The van der Waals surface area contributed by atoms with Gasteiger partial charge in [0, 0.05) is 5.02 Å². The van der Waals surface area contributed by atoms with E-state index >= 15 is 0 Å². The topological polar surface area (TPSA) is 90.0 Å². The van der Waals surface area contributed by atoms with Crippen LogP contribution in [0.1, 0.15) is 10.4 Å². The molecule has 4 rings (SSSR count). The van der Waals surface area contributed by atoms with Gasteiger partial charge in [0.25, 0.3) is 5.56 Å². The van der Waals surface area contributed by atoms with E-state index in [1.807, 2.05) is 6.07 Å². The Kier molecular flexibility index (Phi) is 3.78. The molecule has 0 aliphatic rings. The highest BCUT2D eigenvalue weighted by atomic mass is 35.5. The van der Waals surface area contributed by atoms with Gasteiger partial charge in [0.05, 0.1) is 22.8 Å². The number of para-hydroxylation sites is 1. The van der Waals surface area contributed by atoms with Gasteiger partial charge in [-0.15, -0.1) is 0 Å². The number of fused-ring (bicyclic) bond motifs is 1. The molecule has 0 spiro atoms. The predicted octanol–water partition coefficient (Wildman–Crippen LogP) is 2.92. The van der Waals surface area contributed by atoms with E-state index in [1.165, 1.54) is 27.8 Å². The highest BCUT2D eigenvalue weighted by Crippen LogP contribution is 2.20. The van der Waals surface area contributed by atoms with Crippen LogP contribution in [0.4, 0.5) is 0 Å². The summed E-state index contributed by atoms with van der Waals surface area (Å²) < 4.78 is 2.56. The van der Waals surface area contributed by atoms with Crippen LogP contribution in [-0.4, -0.2) is 30.4 Å². The van der Waals surface area contributed by atoms with E-state index in [0.717, 1.165) is 0 Å². The van der Waals surface area contributed by atoms with Crippen LogP contribution in [-0.2, 0) is 0 Å². The van der Waals surface area contributed by atoms with Crippen LogP contribution >= 0.6 is 11.6 Å². The molecule has 128 valence electrons. The SMILES string of the molecule is O=C(O)c1cnn(-c2ccccc2)c1-n1cnc2ccc(Cl)cc2c1=O. The molecular weight excluding hydrogens is 356 g/mol. The van der Waals surface area contributed by atoms with Crippen molar-refractivity contribution >= 4 is 28.5 Å². The lowest BCUT2D eigenvalue weighted by Crippen LogP contribution is -2.23. The molecule has 0 bridgehead atoms. The van der Waals surface area contributed by atoms with Crippen LogP contribution < -0.4 is 5.56 Å². The molecule has 1 N–H and O–H groups in total. The van der Waals surface area contributed by atoms with Crippen molar-refractivity contribution in [3.63, 3.8) is 0 Å². The molecule has 0 aliphatic heterocycles. The number of carboxylic acid groups (broad SMARTS) is 1. The predicted molar refractivity (Wildman–Crippen MR) is 96.4 cm³/mol. The van der Waals surface area contributed by atoms with Crippen molar-refractivity contribution in [2.75, 3.05) is 0 Å². The summed E-state index contributed by atoms with van der Waals surface area (Å²) in [6.45, 7) is 0. The first kappa shape index (κ1) is 16.0. The maximum absolute atomic E-state index is 13.0. The van der Waals surface area contributed by atoms with Crippen LogP contribution in [0.5, 0.6) is 0 Å². The summed E-state index contributed by atoms with van der Waals surface area (Å²) in [6.07, 6.45) is 2.50. The summed E-state index contributed by atoms with van der Waals surface area (Å²) in [5.41, 5.74) is 0.545. The molecule has 26 heavy (non-hydrogen) atoms. The van der Waals surface area contributed by atoms with Gasteiger partial charge in [-0.1, -0.05) is 29.8 Å². The monoisotopic (exact) mass is 366 g/mol. The van der Waals surface area contributed by atoms with Crippen molar-refractivity contribution in [2.45, 2.75) is 0 Å². The third-order valence-electron chi connectivity index (χ3n) is 3.92. The van der Waals surface area contributed by atoms with Gasteiger partial charge in [-0.25, -0.2) is 19.0 Å². The maximum atomic E-state index is 13.0. The Labute approximate surface area is 151 Å². The molecular formula is C18H11ClN4O3. The Morgan fingerprint density at radius 3 is 2.62 bits per heavy atom. The lowest BCUT2D eigenvalue weighted by molar-refractivity contribution is 0.0697. The summed E-state index contributed by atoms with van der Waals surface area (Å²) in [4.78, 5) is 28.9. The average Bonchev–Trinajstić information content (AvgIpc) is 3.08. The number of hydrogen-bond acceptors (Lipinski definition) is 4. The quantitative estimate of drug-likeness (QED) is 0.602. The Balaban J connectivity index is 2.06. The lowest BCUT2D eigenvalue weighted by Gasteiger charge is -2.11. The molecule has 0 amide bonds. The fourth-order valence-electron chi connectivity index (χ4n) is 2.73. The zero-order valence-corrected chi connectivity index (χ0v) is 14.0. The Bertz CT molecular complexity index is 1200. The standard InChI is InChI=1S/C18H11ClN4O3/c19-11-6-7-15-13(8-11)17(24)22(10-20-15)16-14(18(25)26)9-21-23(16)12-4-2-1-3-5-12/h1-10H,(H,25,26). The molecule has 2 heterocycles. The van der Waals surface area contributed by atoms with Crippen LogP contribution in [0.2, 0.25) is 5.02 Å². The fraction of sp³-hybridized carbons (Fsp3) is 0. The average molecular weight is 367 g/mol. The van der Waals surface area contributed by atoms with Crippen LogP contribution in [0.3, 0.4) is 0 Å². The summed E-state index contributed by atoms with van der Waals surface area (Å²) in [5, 5.41) is 14.4. The first-order chi connectivity index (χ1) is 12.6. The zero-order chi connectivity index (χ0) is 18.3. The minimum Gasteiger partial charge on any atom is -0.477 e. The summed E-state index contributed by atoms with van der Waals surface area (Å²) >= 11 is 5.99. The molecule has 0 saturated carbocycles. The minimum atomic E-state index is -1.19. The van der Waals surface area contributed by atoms with Crippen molar-refractivity contribution in [3.05, 3.63) is 82.0 Å². The van der Waals surface area contributed by atoms with E-state index in [4.69, 9.17) is 11.6 Å². The number of carbonyl (C=O) groups is 1. The number of nitrogens with zero attached hydrogens (tertiary/aromatic N) is 4. The van der Waals surface area contributed by atoms with E-state index in [9.17, 15) is 14.7 Å². The van der Waals surface area contributed by atoms with Crippen LogP contribution in [0.25, 0.3) is 22.4 Å². The van der Waals surface area contributed by atoms with Crippen molar-refractivity contribution in [2.24, 2.45) is 0 Å². The minimum absolute atomic E-state index is 0.100. The van der Waals surface area contributed by atoms with Gasteiger partial charge in [0.2, 0.25) is 0 Å². The molecule has 0 atom stereocenters.